The Bertz CT molecular complexity index is 639. The molecule has 1 N–H and O–H groups in total. The van der Waals surface area contributed by atoms with Crippen LogP contribution in [0.4, 0.5) is 5.69 Å². The zero-order chi connectivity index (χ0) is 15.9. The highest BCUT2D eigenvalue weighted by atomic mass is 16.5. The van der Waals surface area contributed by atoms with Crippen molar-refractivity contribution in [3.63, 3.8) is 0 Å². The van der Waals surface area contributed by atoms with E-state index in [2.05, 4.69) is 17.2 Å². The topological polar surface area (TPSA) is 68.3 Å². The number of rotatable bonds is 5. The van der Waals surface area contributed by atoms with Gasteiger partial charge in [-0.05, 0) is 43.2 Å². The maximum absolute atomic E-state index is 12.0. The van der Waals surface area contributed by atoms with Crippen LogP contribution in [0.15, 0.2) is 48.8 Å². The third kappa shape index (κ3) is 4.15. The molecule has 1 aromatic carbocycles. The van der Waals surface area contributed by atoms with Crippen LogP contribution in [-0.4, -0.2) is 23.0 Å². The zero-order valence-corrected chi connectivity index (χ0v) is 12.6. The van der Waals surface area contributed by atoms with Gasteiger partial charge in [0.15, 0.2) is 6.10 Å². The lowest BCUT2D eigenvalue weighted by atomic mass is 10.1. The molecular weight excluding hydrogens is 280 g/mol. The number of nitrogens with zero attached hydrogens (tertiary/aromatic N) is 1. The Morgan fingerprint density at radius 2 is 1.95 bits per heavy atom. The standard InChI is InChI=1S/C17H18N2O3/c1-3-13-6-8-15(9-7-13)19-16(20)12(2)22-17(21)14-5-4-10-18-11-14/h4-12H,3H2,1-2H3,(H,19,20)/t12-/m1/s1. The molecule has 0 bridgehead atoms. The predicted octanol–water partition coefficient (Wildman–Crippen LogP) is 2.83. The van der Waals surface area contributed by atoms with Gasteiger partial charge in [-0.15, -0.1) is 0 Å². The van der Waals surface area contributed by atoms with Gasteiger partial charge in [-0.25, -0.2) is 4.79 Å². The van der Waals surface area contributed by atoms with Crippen LogP contribution in [0.2, 0.25) is 0 Å². The van der Waals surface area contributed by atoms with Crippen LogP contribution in [0.5, 0.6) is 0 Å². The van der Waals surface area contributed by atoms with Crippen molar-refractivity contribution >= 4 is 17.6 Å². The monoisotopic (exact) mass is 298 g/mol. The van der Waals surface area contributed by atoms with Gasteiger partial charge in [-0.1, -0.05) is 19.1 Å². The second kappa shape index (κ2) is 7.36. The Balaban J connectivity index is 1.92. The molecule has 0 unspecified atom stereocenters. The molecule has 1 heterocycles. The molecule has 114 valence electrons. The summed E-state index contributed by atoms with van der Waals surface area (Å²) in [6.07, 6.45) is 3.01. The average Bonchev–Trinajstić information content (AvgIpc) is 2.56. The highest BCUT2D eigenvalue weighted by molar-refractivity contribution is 5.97. The van der Waals surface area contributed by atoms with Gasteiger partial charge < -0.3 is 10.1 Å². The summed E-state index contributed by atoms with van der Waals surface area (Å²) >= 11 is 0. The summed E-state index contributed by atoms with van der Waals surface area (Å²) in [5.41, 5.74) is 2.18. The van der Waals surface area contributed by atoms with Crippen molar-refractivity contribution in [3.05, 3.63) is 59.9 Å². The molecule has 0 saturated heterocycles. The molecule has 1 aromatic heterocycles. The van der Waals surface area contributed by atoms with Crippen molar-refractivity contribution in [2.75, 3.05) is 5.32 Å². The van der Waals surface area contributed by atoms with Crippen molar-refractivity contribution in [2.45, 2.75) is 26.4 Å². The van der Waals surface area contributed by atoms with E-state index in [9.17, 15) is 9.59 Å². The molecule has 0 spiro atoms. The van der Waals surface area contributed by atoms with Gasteiger partial charge in [0, 0.05) is 18.1 Å². The molecule has 0 fully saturated rings. The number of carbonyl (C=O) groups excluding carboxylic acids is 2. The second-order valence-electron chi connectivity index (χ2n) is 4.83. The highest BCUT2D eigenvalue weighted by Crippen LogP contribution is 2.11. The lowest BCUT2D eigenvalue weighted by molar-refractivity contribution is -0.123. The van der Waals surface area contributed by atoms with Crippen LogP contribution >= 0.6 is 0 Å². The van der Waals surface area contributed by atoms with Crippen LogP contribution in [-0.2, 0) is 16.0 Å². The minimum Gasteiger partial charge on any atom is -0.449 e. The van der Waals surface area contributed by atoms with E-state index in [-0.39, 0.29) is 5.91 Å². The van der Waals surface area contributed by atoms with E-state index in [1.165, 1.54) is 18.7 Å². The molecule has 1 amide bonds. The Morgan fingerprint density at radius 3 is 2.55 bits per heavy atom. The number of esters is 1. The first-order valence-corrected chi connectivity index (χ1v) is 7.11. The number of ether oxygens (including phenoxy) is 1. The summed E-state index contributed by atoms with van der Waals surface area (Å²) < 4.78 is 5.12. The first kappa shape index (κ1) is 15.7. The number of aryl methyl sites for hydroxylation is 1. The molecule has 0 saturated carbocycles. The third-order valence-corrected chi connectivity index (χ3v) is 3.18. The smallest absolute Gasteiger partial charge is 0.340 e. The molecular formula is C17H18N2O3. The van der Waals surface area contributed by atoms with Crippen molar-refractivity contribution in [2.24, 2.45) is 0 Å². The molecule has 0 aliphatic carbocycles. The van der Waals surface area contributed by atoms with E-state index in [0.717, 1.165) is 6.42 Å². The van der Waals surface area contributed by atoms with E-state index in [1.807, 2.05) is 24.3 Å². The van der Waals surface area contributed by atoms with Crippen molar-refractivity contribution in [1.82, 2.24) is 4.98 Å². The minimum atomic E-state index is -0.890. The number of hydrogen-bond acceptors (Lipinski definition) is 4. The van der Waals surface area contributed by atoms with Crippen LogP contribution in [0, 0.1) is 0 Å². The SMILES string of the molecule is CCc1ccc(NC(=O)[C@@H](C)OC(=O)c2cccnc2)cc1. The average molecular weight is 298 g/mol. The number of aromatic nitrogens is 1. The van der Waals surface area contributed by atoms with Crippen LogP contribution in [0.25, 0.3) is 0 Å². The first-order chi connectivity index (χ1) is 10.6. The largest absolute Gasteiger partial charge is 0.449 e. The lowest BCUT2D eigenvalue weighted by Gasteiger charge is -2.13. The van der Waals surface area contributed by atoms with Gasteiger partial charge >= 0.3 is 5.97 Å². The second-order valence-corrected chi connectivity index (χ2v) is 4.83. The molecule has 0 radical (unpaired) electrons. The fraction of sp³-hybridized carbons (Fsp3) is 0.235. The summed E-state index contributed by atoms with van der Waals surface area (Å²) in [5, 5.41) is 2.72. The number of anilines is 1. The van der Waals surface area contributed by atoms with Crippen LogP contribution in [0.3, 0.4) is 0 Å². The Labute approximate surface area is 129 Å². The number of nitrogens with one attached hydrogen (secondary N) is 1. The van der Waals surface area contributed by atoms with E-state index < -0.39 is 12.1 Å². The summed E-state index contributed by atoms with van der Waals surface area (Å²) in [7, 11) is 0. The maximum Gasteiger partial charge on any atom is 0.340 e. The van der Waals surface area contributed by atoms with E-state index in [0.29, 0.717) is 11.3 Å². The molecule has 0 aliphatic rings. The maximum atomic E-state index is 12.0. The number of amides is 1. The number of benzene rings is 1. The van der Waals surface area contributed by atoms with Crippen molar-refractivity contribution in [3.8, 4) is 0 Å². The van der Waals surface area contributed by atoms with Crippen molar-refractivity contribution in [1.29, 1.82) is 0 Å². The van der Waals surface area contributed by atoms with Crippen LogP contribution < -0.4 is 5.32 Å². The van der Waals surface area contributed by atoms with E-state index in [4.69, 9.17) is 4.74 Å². The number of carbonyl (C=O) groups is 2. The van der Waals surface area contributed by atoms with E-state index >= 15 is 0 Å². The Hall–Kier alpha value is -2.69. The fourth-order valence-corrected chi connectivity index (χ4v) is 1.83. The molecule has 0 aliphatic heterocycles. The molecule has 2 rings (SSSR count). The van der Waals surface area contributed by atoms with Gasteiger partial charge in [-0.3, -0.25) is 9.78 Å². The van der Waals surface area contributed by atoms with Gasteiger partial charge in [0.05, 0.1) is 5.56 Å². The highest BCUT2D eigenvalue weighted by Gasteiger charge is 2.19. The predicted molar refractivity (Wildman–Crippen MR) is 83.6 cm³/mol. The normalized spacial score (nSPS) is 11.5. The van der Waals surface area contributed by atoms with Gasteiger partial charge in [0.25, 0.3) is 5.91 Å². The Kier molecular flexibility index (Phi) is 5.25. The quantitative estimate of drug-likeness (QED) is 0.862. The number of hydrogen-bond donors (Lipinski definition) is 1. The molecule has 22 heavy (non-hydrogen) atoms. The minimum absolute atomic E-state index is 0.314. The Morgan fingerprint density at radius 1 is 1.23 bits per heavy atom. The third-order valence-electron chi connectivity index (χ3n) is 3.18. The van der Waals surface area contributed by atoms with Gasteiger partial charge in [0.1, 0.15) is 0 Å². The fourth-order valence-electron chi connectivity index (χ4n) is 1.83. The summed E-state index contributed by atoms with van der Waals surface area (Å²) in [6.45, 7) is 3.59. The summed E-state index contributed by atoms with van der Waals surface area (Å²) in [6, 6.07) is 10.8. The van der Waals surface area contributed by atoms with Crippen molar-refractivity contribution < 1.29 is 14.3 Å². The van der Waals surface area contributed by atoms with Crippen LogP contribution in [0.1, 0.15) is 29.8 Å². The number of pyridine rings is 1. The molecule has 5 heteroatoms. The van der Waals surface area contributed by atoms with E-state index in [1.54, 1.807) is 18.3 Å². The molecule has 5 nitrogen and oxygen atoms in total. The molecule has 2 aromatic rings. The lowest BCUT2D eigenvalue weighted by Crippen LogP contribution is -2.30. The van der Waals surface area contributed by atoms with Gasteiger partial charge in [-0.2, -0.15) is 0 Å². The summed E-state index contributed by atoms with van der Waals surface area (Å²) in [4.78, 5) is 27.7. The molecule has 1 atom stereocenters. The first-order valence-electron chi connectivity index (χ1n) is 7.11. The van der Waals surface area contributed by atoms with Gasteiger partial charge in [0.2, 0.25) is 0 Å². The summed E-state index contributed by atoms with van der Waals surface area (Å²) in [5.74, 6) is -0.946. The zero-order valence-electron chi connectivity index (χ0n) is 12.6.